The van der Waals surface area contributed by atoms with Crippen molar-refractivity contribution in [1.29, 1.82) is 0 Å². The van der Waals surface area contributed by atoms with Crippen LogP contribution in [0.2, 0.25) is 0 Å². The van der Waals surface area contributed by atoms with E-state index in [4.69, 9.17) is 9.26 Å². The van der Waals surface area contributed by atoms with Crippen molar-refractivity contribution >= 4 is 16.7 Å². The molecule has 1 N–H and O–H groups in total. The summed E-state index contributed by atoms with van der Waals surface area (Å²) in [7, 11) is 1.61. The van der Waals surface area contributed by atoms with Crippen LogP contribution >= 0.6 is 0 Å². The average molecular weight is 359 g/mol. The van der Waals surface area contributed by atoms with E-state index in [-0.39, 0.29) is 12.5 Å². The minimum atomic E-state index is -0.190. The largest absolute Gasteiger partial charge is 0.497 e. The number of fused-ring (bicyclic) bond motifs is 1. The number of methoxy groups -OCH3 is 1. The standard InChI is InChI=1S/C21H17N3O3/c1-26-18-10-8-15(9-11-18)20-23-19(27-24-20)13-22-21(25)17-7-6-14-4-2-3-5-16(14)12-17/h2-12H,13H2,1H3,(H,22,25). The Bertz CT molecular complexity index is 1090. The summed E-state index contributed by atoms with van der Waals surface area (Å²) >= 11 is 0. The Hall–Kier alpha value is -3.67. The van der Waals surface area contributed by atoms with E-state index in [1.54, 1.807) is 13.2 Å². The average Bonchev–Trinajstić information content (AvgIpc) is 3.21. The molecule has 0 saturated heterocycles. The van der Waals surface area contributed by atoms with Crippen molar-refractivity contribution in [1.82, 2.24) is 15.5 Å². The molecule has 0 aliphatic rings. The summed E-state index contributed by atoms with van der Waals surface area (Å²) in [5.74, 6) is 1.37. The van der Waals surface area contributed by atoms with Crippen LogP contribution < -0.4 is 10.1 Å². The maximum Gasteiger partial charge on any atom is 0.251 e. The van der Waals surface area contributed by atoms with Crippen LogP contribution in [-0.2, 0) is 6.54 Å². The van der Waals surface area contributed by atoms with E-state index in [0.717, 1.165) is 22.1 Å². The second kappa shape index (κ2) is 7.29. The van der Waals surface area contributed by atoms with Crippen molar-refractivity contribution in [3.05, 3.63) is 78.2 Å². The van der Waals surface area contributed by atoms with Crippen molar-refractivity contribution in [3.8, 4) is 17.1 Å². The van der Waals surface area contributed by atoms with Gasteiger partial charge in [0.25, 0.3) is 5.91 Å². The third-order valence-electron chi connectivity index (χ3n) is 4.23. The molecule has 0 atom stereocenters. The third kappa shape index (κ3) is 3.64. The molecule has 6 nitrogen and oxygen atoms in total. The van der Waals surface area contributed by atoms with Gasteiger partial charge in [-0.05, 0) is 47.2 Å². The Labute approximate surface area is 155 Å². The predicted octanol–water partition coefficient (Wildman–Crippen LogP) is 3.83. The number of benzene rings is 3. The Kier molecular flexibility index (Phi) is 4.53. The Morgan fingerprint density at radius 2 is 1.81 bits per heavy atom. The highest BCUT2D eigenvalue weighted by Crippen LogP contribution is 2.20. The summed E-state index contributed by atoms with van der Waals surface area (Å²) in [6.07, 6.45) is 0. The van der Waals surface area contributed by atoms with Gasteiger partial charge in [0, 0.05) is 11.1 Å². The van der Waals surface area contributed by atoms with Crippen molar-refractivity contribution in [3.63, 3.8) is 0 Å². The molecule has 0 bridgehead atoms. The third-order valence-corrected chi connectivity index (χ3v) is 4.23. The molecule has 0 aliphatic heterocycles. The van der Waals surface area contributed by atoms with Crippen LogP contribution in [0.5, 0.6) is 5.75 Å². The monoisotopic (exact) mass is 359 g/mol. The lowest BCUT2D eigenvalue weighted by molar-refractivity contribution is 0.0946. The van der Waals surface area contributed by atoms with E-state index < -0.39 is 0 Å². The minimum absolute atomic E-state index is 0.162. The number of hydrogen-bond acceptors (Lipinski definition) is 5. The van der Waals surface area contributed by atoms with E-state index in [1.165, 1.54) is 0 Å². The smallest absolute Gasteiger partial charge is 0.251 e. The van der Waals surface area contributed by atoms with Gasteiger partial charge in [-0.15, -0.1) is 0 Å². The van der Waals surface area contributed by atoms with Crippen LogP contribution in [0.3, 0.4) is 0 Å². The van der Waals surface area contributed by atoms with Crippen molar-refractivity contribution in [2.24, 2.45) is 0 Å². The number of rotatable bonds is 5. The first-order valence-electron chi connectivity index (χ1n) is 8.47. The molecule has 0 spiro atoms. The summed E-state index contributed by atoms with van der Waals surface area (Å²) in [5, 5.41) is 8.87. The van der Waals surface area contributed by atoms with Gasteiger partial charge >= 0.3 is 0 Å². The van der Waals surface area contributed by atoms with Crippen LogP contribution in [0.1, 0.15) is 16.2 Å². The molecular weight excluding hydrogens is 342 g/mol. The summed E-state index contributed by atoms with van der Waals surface area (Å²) in [6.45, 7) is 0.162. The summed E-state index contributed by atoms with van der Waals surface area (Å²) < 4.78 is 10.4. The molecule has 6 heteroatoms. The van der Waals surface area contributed by atoms with Gasteiger partial charge < -0.3 is 14.6 Å². The molecule has 0 aliphatic carbocycles. The van der Waals surface area contributed by atoms with Gasteiger partial charge in [0.05, 0.1) is 13.7 Å². The molecule has 134 valence electrons. The van der Waals surface area contributed by atoms with E-state index in [2.05, 4.69) is 15.5 Å². The first-order chi connectivity index (χ1) is 13.2. The normalized spacial score (nSPS) is 10.7. The second-order valence-electron chi connectivity index (χ2n) is 5.98. The highest BCUT2D eigenvalue weighted by Gasteiger charge is 2.11. The molecule has 1 heterocycles. The number of nitrogens with one attached hydrogen (secondary N) is 1. The molecule has 3 aromatic carbocycles. The lowest BCUT2D eigenvalue weighted by atomic mass is 10.1. The fourth-order valence-electron chi connectivity index (χ4n) is 2.77. The maximum absolute atomic E-state index is 12.4. The molecule has 0 saturated carbocycles. The number of carbonyl (C=O) groups is 1. The molecule has 0 unspecified atom stereocenters. The molecule has 4 aromatic rings. The molecule has 4 rings (SSSR count). The Balaban J connectivity index is 1.43. The number of aromatic nitrogens is 2. The van der Waals surface area contributed by atoms with Gasteiger partial charge in [-0.3, -0.25) is 4.79 Å². The van der Waals surface area contributed by atoms with Crippen LogP contribution in [0.25, 0.3) is 22.2 Å². The summed E-state index contributed by atoms with van der Waals surface area (Å²) in [6, 6.07) is 20.8. The van der Waals surface area contributed by atoms with E-state index in [1.807, 2.05) is 60.7 Å². The summed E-state index contributed by atoms with van der Waals surface area (Å²) in [4.78, 5) is 16.7. The van der Waals surface area contributed by atoms with Gasteiger partial charge in [0.2, 0.25) is 11.7 Å². The van der Waals surface area contributed by atoms with Gasteiger partial charge in [-0.1, -0.05) is 35.5 Å². The van der Waals surface area contributed by atoms with E-state index in [0.29, 0.717) is 17.3 Å². The Morgan fingerprint density at radius 1 is 1.04 bits per heavy atom. The zero-order chi connectivity index (χ0) is 18.6. The second-order valence-corrected chi connectivity index (χ2v) is 5.98. The maximum atomic E-state index is 12.4. The molecule has 0 radical (unpaired) electrons. The van der Waals surface area contributed by atoms with Crippen LogP contribution in [0.4, 0.5) is 0 Å². The van der Waals surface area contributed by atoms with Crippen LogP contribution in [0.15, 0.2) is 71.3 Å². The number of ether oxygens (including phenoxy) is 1. The molecule has 1 aromatic heterocycles. The highest BCUT2D eigenvalue weighted by atomic mass is 16.5. The van der Waals surface area contributed by atoms with Gasteiger partial charge in [-0.2, -0.15) is 4.98 Å². The molecule has 0 fully saturated rings. The zero-order valence-electron chi connectivity index (χ0n) is 14.7. The lowest BCUT2D eigenvalue weighted by Gasteiger charge is -2.04. The van der Waals surface area contributed by atoms with Gasteiger partial charge in [-0.25, -0.2) is 0 Å². The van der Waals surface area contributed by atoms with Crippen molar-refractivity contribution in [2.75, 3.05) is 7.11 Å². The van der Waals surface area contributed by atoms with E-state index in [9.17, 15) is 4.79 Å². The number of nitrogens with zero attached hydrogens (tertiary/aromatic N) is 2. The predicted molar refractivity (Wildman–Crippen MR) is 101 cm³/mol. The number of carbonyl (C=O) groups excluding carboxylic acids is 1. The molecule has 27 heavy (non-hydrogen) atoms. The fourth-order valence-corrected chi connectivity index (χ4v) is 2.77. The molecule has 1 amide bonds. The number of hydrogen-bond donors (Lipinski definition) is 1. The fraction of sp³-hybridized carbons (Fsp3) is 0.0952. The van der Waals surface area contributed by atoms with Crippen molar-refractivity contribution in [2.45, 2.75) is 6.54 Å². The zero-order valence-corrected chi connectivity index (χ0v) is 14.7. The van der Waals surface area contributed by atoms with Gasteiger partial charge in [0.15, 0.2) is 0 Å². The highest BCUT2D eigenvalue weighted by molar-refractivity contribution is 5.98. The van der Waals surface area contributed by atoms with Gasteiger partial charge in [0.1, 0.15) is 5.75 Å². The van der Waals surface area contributed by atoms with Crippen LogP contribution in [0, 0.1) is 0 Å². The summed E-state index contributed by atoms with van der Waals surface area (Å²) in [5.41, 5.74) is 1.40. The molecular formula is C21H17N3O3. The van der Waals surface area contributed by atoms with Crippen molar-refractivity contribution < 1.29 is 14.1 Å². The number of amides is 1. The topological polar surface area (TPSA) is 77.3 Å². The van der Waals surface area contributed by atoms with E-state index >= 15 is 0 Å². The quantitative estimate of drug-likeness (QED) is 0.586. The van der Waals surface area contributed by atoms with Crippen LogP contribution in [-0.4, -0.2) is 23.2 Å². The Morgan fingerprint density at radius 3 is 2.59 bits per heavy atom. The first kappa shape index (κ1) is 16.8. The minimum Gasteiger partial charge on any atom is -0.497 e. The SMILES string of the molecule is COc1ccc(-c2noc(CNC(=O)c3ccc4ccccc4c3)n2)cc1. The first-order valence-corrected chi connectivity index (χ1v) is 8.47. The lowest BCUT2D eigenvalue weighted by Crippen LogP contribution is -2.22.